The molecular weight excluding hydrogens is 202 g/mol. The van der Waals surface area contributed by atoms with Crippen molar-refractivity contribution >= 4 is 5.97 Å². The second kappa shape index (κ2) is 7.01. The van der Waals surface area contributed by atoms with Gasteiger partial charge in [-0.1, -0.05) is 37.3 Å². The van der Waals surface area contributed by atoms with E-state index in [4.69, 9.17) is 5.11 Å². The second-order valence-electron chi connectivity index (χ2n) is 3.94. The highest BCUT2D eigenvalue weighted by atomic mass is 16.4. The van der Waals surface area contributed by atoms with E-state index in [1.165, 1.54) is 5.56 Å². The number of carbonyl (C=O) groups is 1. The van der Waals surface area contributed by atoms with Gasteiger partial charge in [-0.3, -0.25) is 4.79 Å². The Morgan fingerprint density at radius 3 is 2.62 bits per heavy atom. The zero-order valence-corrected chi connectivity index (χ0v) is 9.65. The van der Waals surface area contributed by atoms with Crippen LogP contribution < -0.4 is 5.32 Å². The third-order valence-corrected chi connectivity index (χ3v) is 2.43. The average molecular weight is 221 g/mol. The molecule has 0 saturated heterocycles. The van der Waals surface area contributed by atoms with Gasteiger partial charge in [0.1, 0.15) is 0 Å². The van der Waals surface area contributed by atoms with E-state index < -0.39 is 5.97 Å². The van der Waals surface area contributed by atoms with Gasteiger partial charge in [0.2, 0.25) is 0 Å². The predicted octanol–water partition coefficient (Wildman–Crippen LogP) is 2.07. The minimum atomic E-state index is -0.746. The van der Waals surface area contributed by atoms with Gasteiger partial charge in [-0.2, -0.15) is 0 Å². The third kappa shape index (κ3) is 4.94. The first-order chi connectivity index (χ1) is 7.72. The molecule has 0 radical (unpaired) electrons. The molecule has 0 aliphatic rings. The van der Waals surface area contributed by atoms with Gasteiger partial charge >= 0.3 is 5.97 Å². The fraction of sp³-hybridized carbons (Fsp3) is 0.462. The molecule has 1 unspecified atom stereocenters. The van der Waals surface area contributed by atoms with Crippen molar-refractivity contribution in [2.45, 2.75) is 32.2 Å². The summed E-state index contributed by atoms with van der Waals surface area (Å²) in [4.78, 5) is 10.7. The molecule has 0 heterocycles. The maximum absolute atomic E-state index is 10.7. The summed E-state index contributed by atoms with van der Waals surface area (Å²) >= 11 is 0. The van der Waals surface area contributed by atoms with Gasteiger partial charge < -0.3 is 10.4 Å². The molecule has 2 N–H and O–H groups in total. The molecule has 3 nitrogen and oxygen atoms in total. The zero-order chi connectivity index (χ0) is 11.8. The molecule has 0 aliphatic heterocycles. The molecule has 0 aromatic heterocycles. The first-order valence-corrected chi connectivity index (χ1v) is 5.71. The van der Waals surface area contributed by atoms with Crippen molar-refractivity contribution in [2.24, 2.45) is 0 Å². The number of aliphatic carboxylic acids is 1. The highest BCUT2D eigenvalue weighted by Crippen LogP contribution is 2.06. The Bertz CT molecular complexity index is 311. The van der Waals surface area contributed by atoms with Crippen molar-refractivity contribution in [3.63, 3.8) is 0 Å². The number of hydrogen-bond donors (Lipinski definition) is 2. The standard InChI is InChI=1S/C13H19NO2/c1-2-8-14-12(10-13(15)16)9-11-6-4-3-5-7-11/h3-7,12,14H,2,8-10H2,1H3,(H,15,16). The molecule has 1 atom stereocenters. The van der Waals surface area contributed by atoms with Crippen LogP contribution in [0.2, 0.25) is 0 Å². The van der Waals surface area contributed by atoms with Crippen LogP contribution in [0.1, 0.15) is 25.3 Å². The molecule has 0 bridgehead atoms. The largest absolute Gasteiger partial charge is 0.481 e. The summed E-state index contributed by atoms with van der Waals surface area (Å²) in [7, 11) is 0. The third-order valence-electron chi connectivity index (χ3n) is 2.43. The van der Waals surface area contributed by atoms with Gasteiger partial charge in [0.15, 0.2) is 0 Å². The minimum absolute atomic E-state index is 0.0276. The van der Waals surface area contributed by atoms with E-state index in [0.717, 1.165) is 19.4 Å². The summed E-state index contributed by atoms with van der Waals surface area (Å²) in [5.41, 5.74) is 1.18. The molecule has 0 fully saturated rings. The van der Waals surface area contributed by atoms with E-state index in [-0.39, 0.29) is 12.5 Å². The Morgan fingerprint density at radius 2 is 2.06 bits per heavy atom. The molecule has 0 spiro atoms. The van der Waals surface area contributed by atoms with Crippen molar-refractivity contribution in [3.05, 3.63) is 35.9 Å². The van der Waals surface area contributed by atoms with Crippen LogP contribution in [-0.2, 0) is 11.2 Å². The number of carboxylic acid groups (broad SMARTS) is 1. The fourth-order valence-corrected chi connectivity index (χ4v) is 1.67. The Kier molecular flexibility index (Phi) is 5.57. The normalized spacial score (nSPS) is 12.3. The molecule has 3 heteroatoms. The summed E-state index contributed by atoms with van der Waals surface area (Å²) in [6, 6.07) is 10.0. The number of rotatable bonds is 7. The lowest BCUT2D eigenvalue weighted by Gasteiger charge is -2.16. The van der Waals surface area contributed by atoms with Gasteiger partial charge in [-0.05, 0) is 24.9 Å². The summed E-state index contributed by atoms with van der Waals surface area (Å²) in [5, 5.41) is 12.1. The predicted molar refractivity (Wildman–Crippen MR) is 64.5 cm³/mol. The molecule has 0 aliphatic carbocycles. The van der Waals surface area contributed by atoms with E-state index in [0.29, 0.717) is 0 Å². The first kappa shape index (κ1) is 12.7. The van der Waals surface area contributed by atoms with Crippen molar-refractivity contribution < 1.29 is 9.90 Å². The van der Waals surface area contributed by atoms with Gasteiger partial charge in [0, 0.05) is 6.04 Å². The fourth-order valence-electron chi connectivity index (χ4n) is 1.67. The van der Waals surface area contributed by atoms with E-state index in [9.17, 15) is 4.79 Å². The van der Waals surface area contributed by atoms with Crippen LogP contribution in [0.25, 0.3) is 0 Å². The van der Waals surface area contributed by atoms with Crippen LogP contribution in [0.5, 0.6) is 0 Å². The lowest BCUT2D eigenvalue weighted by molar-refractivity contribution is -0.137. The van der Waals surface area contributed by atoms with Crippen molar-refractivity contribution in [2.75, 3.05) is 6.54 Å². The van der Waals surface area contributed by atoms with Crippen molar-refractivity contribution in [1.82, 2.24) is 5.32 Å². The van der Waals surface area contributed by atoms with Crippen LogP contribution in [0.3, 0.4) is 0 Å². The molecule has 1 aromatic carbocycles. The molecule has 0 amide bonds. The number of hydrogen-bond acceptors (Lipinski definition) is 2. The lowest BCUT2D eigenvalue weighted by atomic mass is 10.0. The van der Waals surface area contributed by atoms with Gasteiger partial charge in [0.25, 0.3) is 0 Å². The number of benzene rings is 1. The first-order valence-electron chi connectivity index (χ1n) is 5.71. The Hall–Kier alpha value is -1.35. The SMILES string of the molecule is CCCNC(CC(=O)O)Cc1ccccc1. The van der Waals surface area contributed by atoms with Crippen LogP contribution in [0, 0.1) is 0 Å². The maximum atomic E-state index is 10.7. The zero-order valence-electron chi connectivity index (χ0n) is 9.65. The van der Waals surface area contributed by atoms with Crippen LogP contribution in [-0.4, -0.2) is 23.7 Å². The molecule has 88 valence electrons. The van der Waals surface area contributed by atoms with Crippen LogP contribution in [0.4, 0.5) is 0 Å². The molecule has 16 heavy (non-hydrogen) atoms. The van der Waals surface area contributed by atoms with Gasteiger partial charge in [0.05, 0.1) is 6.42 Å². The summed E-state index contributed by atoms with van der Waals surface area (Å²) in [6.45, 7) is 2.94. The highest BCUT2D eigenvalue weighted by Gasteiger charge is 2.12. The molecule has 0 saturated carbocycles. The second-order valence-corrected chi connectivity index (χ2v) is 3.94. The van der Waals surface area contributed by atoms with Crippen LogP contribution >= 0.6 is 0 Å². The lowest BCUT2D eigenvalue weighted by Crippen LogP contribution is -2.33. The Balaban J connectivity index is 2.52. The van der Waals surface area contributed by atoms with E-state index in [2.05, 4.69) is 12.2 Å². The average Bonchev–Trinajstić information content (AvgIpc) is 2.26. The minimum Gasteiger partial charge on any atom is -0.481 e. The topological polar surface area (TPSA) is 49.3 Å². The molecule has 1 aromatic rings. The summed E-state index contributed by atoms with van der Waals surface area (Å²) < 4.78 is 0. The monoisotopic (exact) mass is 221 g/mol. The van der Waals surface area contributed by atoms with Gasteiger partial charge in [-0.25, -0.2) is 0 Å². The highest BCUT2D eigenvalue weighted by molar-refractivity contribution is 5.67. The van der Waals surface area contributed by atoms with Crippen molar-refractivity contribution in [1.29, 1.82) is 0 Å². The summed E-state index contributed by atoms with van der Waals surface area (Å²) in [6.07, 6.45) is 1.97. The van der Waals surface area contributed by atoms with Gasteiger partial charge in [-0.15, -0.1) is 0 Å². The van der Waals surface area contributed by atoms with Crippen molar-refractivity contribution in [3.8, 4) is 0 Å². The molecular formula is C13H19NO2. The van der Waals surface area contributed by atoms with E-state index in [1.807, 2.05) is 30.3 Å². The maximum Gasteiger partial charge on any atom is 0.304 e. The quantitative estimate of drug-likeness (QED) is 0.741. The number of carboxylic acids is 1. The Labute approximate surface area is 96.5 Å². The van der Waals surface area contributed by atoms with E-state index >= 15 is 0 Å². The summed E-state index contributed by atoms with van der Waals surface area (Å²) in [5.74, 6) is -0.746. The van der Waals surface area contributed by atoms with E-state index in [1.54, 1.807) is 0 Å². The smallest absolute Gasteiger partial charge is 0.304 e. The number of nitrogens with one attached hydrogen (secondary N) is 1. The molecule has 1 rings (SSSR count). The van der Waals surface area contributed by atoms with Crippen LogP contribution in [0.15, 0.2) is 30.3 Å². The Morgan fingerprint density at radius 1 is 1.38 bits per heavy atom.